The van der Waals surface area contributed by atoms with E-state index in [0.29, 0.717) is 11.5 Å². The molecule has 1 heterocycles. The largest absolute Gasteiger partial charge is 0.479 e. The van der Waals surface area contributed by atoms with Crippen molar-refractivity contribution in [3.8, 4) is 17.2 Å². The van der Waals surface area contributed by atoms with Gasteiger partial charge in [0.2, 0.25) is 0 Å². The van der Waals surface area contributed by atoms with Gasteiger partial charge in [0.1, 0.15) is 17.8 Å². The molecule has 25 heavy (non-hydrogen) atoms. The third-order valence-corrected chi connectivity index (χ3v) is 3.65. The van der Waals surface area contributed by atoms with E-state index < -0.39 is 12.1 Å². The zero-order chi connectivity index (χ0) is 17.6. The summed E-state index contributed by atoms with van der Waals surface area (Å²) < 4.78 is 12.5. The molecule has 0 spiro atoms. The highest BCUT2D eigenvalue weighted by molar-refractivity contribution is 5.77. The first-order valence-electron chi connectivity index (χ1n) is 7.96. The first-order valence-corrected chi connectivity index (χ1v) is 7.96. The Morgan fingerprint density at radius 2 is 1.76 bits per heavy atom. The van der Waals surface area contributed by atoms with Gasteiger partial charge < -0.3 is 9.47 Å². The summed E-state index contributed by atoms with van der Waals surface area (Å²) in [6, 6.07) is 14.5. The fraction of sp³-hybridized carbons (Fsp3) is 0.222. The lowest BCUT2D eigenvalue weighted by Crippen LogP contribution is -2.28. The Labute approximate surface area is 145 Å². The average Bonchev–Trinajstić information content (AvgIpc) is 3.17. The number of nitrogens with zero attached hydrogens (tertiary/aromatic N) is 4. The maximum absolute atomic E-state index is 12.2. The van der Waals surface area contributed by atoms with Gasteiger partial charge in [-0.25, -0.2) is 9.48 Å². The van der Waals surface area contributed by atoms with Crippen LogP contribution in [0, 0.1) is 0 Å². The van der Waals surface area contributed by atoms with E-state index in [1.807, 2.05) is 24.3 Å². The molecule has 0 unspecified atom stereocenters. The Morgan fingerprint density at radius 1 is 1.08 bits per heavy atom. The molecule has 0 bridgehead atoms. The number of tetrazole rings is 1. The molecule has 3 rings (SSSR count). The summed E-state index contributed by atoms with van der Waals surface area (Å²) in [5, 5.41) is 10.9. The van der Waals surface area contributed by atoms with Crippen LogP contribution in [0.5, 0.6) is 11.5 Å². The van der Waals surface area contributed by atoms with E-state index in [0.717, 1.165) is 12.1 Å². The number of benzene rings is 2. The van der Waals surface area contributed by atoms with Crippen LogP contribution in [0.15, 0.2) is 54.9 Å². The molecular weight excluding hydrogens is 320 g/mol. The standard InChI is InChI=1S/C18H18N4O3/c1-3-14-4-8-16(9-5-14)24-13(2)18(23)25-17-10-6-15(7-11-17)22-12-19-20-21-22/h4-13H,3H2,1-2H3/t13-/m1/s1. The van der Waals surface area contributed by atoms with Crippen LogP contribution in [-0.4, -0.2) is 32.3 Å². The van der Waals surface area contributed by atoms with Crippen LogP contribution in [0.2, 0.25) is 0 Å². The number of aromatic nitrogens is 4. The average molecular weight is 338 g/mol. The van der Waals surface area contributed by atoms with Crippen LogP contribution in [0.25, 0.3) is 5.69 Å². The van der Waals surface area contributed by atoms with E-state index in [1.54, 1.807) is 31.2 Å². The summed E-state index contributed by atoms with van der Waals surface area (Å²) in [7, 11) is 0. The number of carbonyl (C=O) groups is 1. The molecule has 0 fully saturated rings. The molecule has 0 aliphatic rings. The number of ether oxygens (including phenoxy) is 2. The Balaban J connectivity index is 1.59. The highest BCUT2D eigenvalue weighted by Crippen LogP contribution is 2.17. The van der Waals surface area contributed by atoms with Gasteiger partial charge >= 0.3 is 5.97 Å². The van der Waals surface area contributed by atoms with Gasteiger partial charge in [-0.15, -0.1) is 5.10 Å². The molecule has 1 aromatic heterocycles. The van der Waals surface area contributed by atoms with Crippen LogP contribution in [-0.2, 0) is 11.2 Å². The SMILES string of the molecule is CCc1ccc(O[C@H](C)C(=O)Oc2ccc(-n3cnnn3)cc2)cc1. The summed E-state index contributed by atoms with van der Waals surface area (Å²) in [5.74, 6) is 0.601. The number of esters is 1. The number of hydrogen-bond acceptors (Lipinski definition) is 6. The second-order valence-corrected chi connectivity index (χ2v) is 5.43. The summed E-state index contributed by atoms with van der Waals surface area (Å²) in [6.07, 6.45) is 1.73. The number of carbonyl (C=O) groups excluding carboxylic acids is 1. The molecular formula is C18H18N4O3. The van der Waals surface area contributed by atoms with E-state index in [2.05, 4.69) is 22.4 Å². The van der Waals surface area contributed by atoms with Crippen molar-refractivity contribution in [3.63, 3.8) is 0 Å². The maximum Gasteiger partial charge on any atom is 0.352 e. The van der Waals surface area contributed by atoms with Gasteiger partial charge in [0, 0.05) is 0 Å². The van der Waals surface area contributed by atoms with Crippen molar-refractivity contribution in [1.29, 1.82) is 0 Å². The minimum atomic E-state index is -0.716. The molecule has 0 radical (unpaired) electrons. The lowest BCUT2D eigenvalue weighted by Gasteiger charge is -2.14. The van der Waals surface area contributed by atoms with Crippen molar-refractivity contribution in [2.45, 2.75) is 26.4 Å². The smallest absolute Gasteiger partial charge is 0.352 e. The van der Waals surface area contributed by atoms with Gasteiger partial charge in [0.25, 0.3) is 0 Å². The molecule has 2 aromatic carbocycles. The van der Waals surface area contributed by atoms with Crippen LogP contribution in [0.1, 0.15) is 19.4 Å². The molecule has 0 N–H and O–H groups in total. The van der Waals surface area contributed by atoms with Gasteiger partial charge in [-0.05, 0) is 65.7 Å². The summed E-state index contributed by atoms with van der Waals surface area (Å²) in [4.78, 5) is 12.2. The molecule has 0 saturated heterocycles. The minimum absolute atomic E-state index is 0.429. The first kappa shape index (κ1) is 16.6. The van der Waals surface area contributed by atoms with E-state index in [1.165, 1.54) is 16.6 Å². The maximum atomic E-state index is 12.2. The molecule has 0 saturated carbocycles. The lowest BCUT2D eigenvalue weighted by molar-refractivity contribution is -0.141. The Kier molecular flexibility index (Phi) is 5.03. The highest BCUT2D eigenvalue weighted by Gasteiger charge is 2.17. The predicted octanol–water partition coefficient (Wildman–Crippen LogP) is 2.60. The van der Waals surface area contributed by atoms with E-state index in [9.17, 15) is 4.79 Å². The van der Waals surface area contributed by atoms with Crippen LogP contribution < -0.4 is 9.47 Å². The molecule has 0 aliphatic heterocycles. The van der Waals surface area contributed by atoms with Gasteiger partial charge in [-0.2, -0.15) is 0 Å². The van der Waals surface area contributed by atoms with Crippen LogP contribution in [0.3, 0.4) is 0 Å². The monoisotopic (exact) mass is 338 g/mol. The normalized spacial score (nSPS) is 11.8. The second kappa shape index (κ2) is 7.57. The molecule has 7 nitrogen and oxygen atoms in total. The van der Waals surface area contributed by atoms with Crippen molar-refractivity contribution in [3.05, 3.63) is 60.4 Å². The third kappa shape index (κ3) is 4.20. The number of hydrogen-bond donors (Lipinski definition) is 0. The molecule has 0 aliphatic carbocycles. The van der Waals surface area contributed by atoms with Crippen LogP contribution >= 0.6 is 0 Å². The van der Waals surface area contributed by atoms with Crippen molar-refractivity contribution >= 4 is 5.97 Å². The quantitative estimate of drug-likeness (QED) is 0.508. The molecule has 7 heteroatoms. The Morgan fingerprint density at radius 3 is 2.36 bits per heavy atom. The van der Waals surface area contributed by atoms with Crippen molar-refractivity contribution in [2.24, 2.45) is 0 Å². The Hall–Kier alpha value is -3.22. The zero-order valence-electron chi connectivity index (χ0n) is 14.0. The van der Waals surface area contributed by atoms with Gasteiger partial charge in [0.05, 0.1) is 5.69 Å². The Bertz CT molecular complexity index is 815. The summed E-state index contributed by atoms with van der Waals surface area (Å²) in [5.41, 5.74) is 1.98. The number of rotatable bonds is 6. The zero-order valence-corrected chi connectivity index (χ0v) is 14.0. The summed E-state index contributed by atoms with van der Waals surface area (Å²) in [6.45, 7) is 3.74. The fourth-order valence-corrected chi connectivity index (χ4v) is 2.20. The van der Waals surface area contributed by atoms with Crippen molar-refractivity contribution < 1.29 is 14.3 Å². The minimum Gasteiger partial charge on any atom is -0.479 e. The molecule has 0 amide bonds. The highest BCUT2D eigenvalue weighted by atomic mass is 16.6. The molecule has 1 atom stereocenters. The number of aryl methyl sites for hydroxylation is 1. The van der Waals surface area contributed by atoms with Gasteiger partial charge in [-0.3, -0.25) is 0 Å². The topological polar surface area (TPSA) is 79.1 Å². The first-order chi connectivity index (χ1) is 12.2. The third-order valence-electron chi connectivity index (χ3n) is 3.65. The van der Waals surface area contributed by atoms with E-state index in [-0.39, 0.29) is 0 Å². The molecule has 128 valence electrons. The van der Waals surface area contributed by atoms with Crippen molar-refractivity contribution in [1.82, 2.24) is 20.2 Å². The fourth-order valence-electron chi connectivity index (χ4n) is 2.20. The van der Waals surface area contributed by atoms with E-state index in [4.69, 9.17) is 9.47 Å². The van der Waals surface area contributed by atoms with Gasteiger partial charge in [-0.1, -0.05) is 19.1 Å². The molecule has 3 aromatic rings. The summed E-state index contributed by atoms with van der Waals surface area (Å²) >= 11 is 0. The van der Waals surface area contributed by atoms with Gasteiger partial charge in [0.15, 0.2) is 6.10 Å². The predicted molar refractivity (Wildman–Crippen MR) is 90.7 cm³/mol. The van der Waals surface area contributed by atoms with Crippen molar-refractivity contribution in [2.75, 3.05) is 0 Å². The lowest BCUT2D eigenvalue weighted by atomic mass is 10.2. The van der Waals surface area contributed by atoms with Crippen LogP contribution in [0.4, 0.5) is 0 Å². The van der Waals surface area contributed by atoms with E-state index >= 15 is 0 Å². The second-order valence-electron chi connectivity index (χ2n) is 5.43.